The van der Waals surface area contributed by atoms with Crippen LogP contribution in [0.5, 0.6) is 0 Å². The highest BCUT2D eigenvalue weighted by Gasteiger charge is 2.24. The van der Waals surface area contributed by atoms with Gasteiger partial charge in [-0.3, -0.25) is 4.79 Å². The highest BCUT2D eigenvalue weighted by atomic mass is 79.9. The predicted molar refractivity (Wildman–Crippen MR) is 98.0 cm³/mol. The first-order chi connectivity index (χ1) is 12.0. The fourth-order valence-electron chi connectivity index (χ4n) is 2.85. The van der Waals surface area contributed by atoms with E-state index in [2.05, 4.69) is 21.2 Å². The fourth-order valence-corrected chi connectivity index (χ4v) is 4.55. The normalized spacial score (nSPS) is 14.2. The van der Waals surface area contributed by atoms with Crippen molar-refractivity contribution in [1.82, 2.24) is 9.88 Å². The minimum Gasteiger partial charge on any atom is -0.350 e. The van der Waals surface area contributed by atoms with Crippen molar-refractivity contribution in [3.8, 4) is 0 Å². The molecule has 2 aromatic heterocycles. The zero-order valence-electron chi connectivity index (χ0n) is 13.2. The second kappa shape index (κ2) is 6.53. The Balaban J connectivity index is 1.70. The van der Waals surface area contributed by atoms with E-state index in [0.29, 0.717) is 30.3 Å². The Morgan fingerprint density at radius 1 is 1.28 bits per heavy atom. The van der Waals surface area contributed by atoms with Crippen LogP contribution in [0.15, 0.2) is 34.1 Å². The Labute approximate surface area is 155 Å². The van der Waals surface area contributed by atoms with E-state index in [9.17, 15) is 13.6 Å². The summed E-state index contributed by atoms with van der Waals surface area (Å²) in [6.07, 6.45) is 2.33. The molecule has 3 aromatic rings. The summed E-state index contributed by atoms with van der Waals surface area (Å²) < 4.78 is 30.4. The average Bonchev–Trinajstić information content (AvgIpc) is 3.25. The van der Waals surface area contributed by atoms with Crippen molar-refractivity contribution in [3.05, 3.63) is 57.0 Å². The molecule has 0 saturated heterocycles. The van der Waals surface area contributed by atoms with E-state index in [0.717, 1.165) is 33.6 Å². The molecule has 0 bridgehead atoms. The first-order valence-electron chi connectivity index (χ1n) is 8.01. The molecule has 0 radical (unpaired) electrons. The number of rotatable bonds is 5. The lowest BCUT2D eigenvalue weighted by Gasteiger charge is -2.11. The summed E-state index contributed by atoms with van der Waals surface area (Å²) in [6, 6.07) is 5.68. The molecule has 3 nitrogen and oxygen atoms in total. The SMILES string of the molecule is O=C(NCC1CC1)c1cc2scc(Br)c2n1Cc1ccc(F)c(F)c1. The van der Waals surface area contributed by atoms with Gasteiger partial charge in [0, 0.05) is 18.5 Å². The van der Waals surface area contributed by atoms with Gasteiger partial charge in [-0.2, -0.15) is 0 Å². The van der Waals surface area contributed by atoms with Crippen LogP contribution in [0.1, 0.15) is 28.9 Å². The molecule has 4 rings (SSSR count). The maximum atomic E-state index is 13.5. The summed E-state index contributed by atoms with van der Waals surface area (Å²) in [5.74, 6) is -1.30. The van der Waals surface area contributed by atoms with Gasteiger partial charge in [-0.25, -0.2) is 8.78 Å². The number of halogens is 3. The van der Waals surface area contributed by atoms with E-state index in [1.54, 1.807) is 0 Å². The first-order valence-corrected chi connectivity index (χ1v) is 9.68. The maximum Gasteiger partial charge on any atom is 0.267 e. The molecule has 0 spiro atoms. The van der Waals surface area contributed by atoms with Gasteiger partial charge in [0.05, 0.1) is 14.7 Å². The van der Waals surface area contributed by atoms with Crippen molar-refractivity contribution in [2.45, 2.75) is 19.4 Å². The number of thiophene rings is 1. The molecule has 25 heavy (non-hydrogen) atoms. The van der Waals surface area contributed by atoms with Crippen molar-refractivity contribution < 1.29 is 13.6 Å². The summed E-state index contributed by atoms with van der Waals surface area (Å²) in [4.78, 5) is 12.6. The van der Waals surface area contributed by atoms with E-state index in [1.165, 1.54) is 23.5 Å². The number of fused-ring (bicyclic) bond motifs is 1. The highest BCUT2D eigenvalue weighted by molar-refractivity contribution is 9.10. The lowest BCUT2D eigenvalue weighted by molar-refractivity contribution is 0.0943. The van der Waals surface area contributed by atoms with Crippen molar-refractivity contribution >= 4 is 43.4 Å². The Morgan fingerprint density at radius 3 is 2.80 bits per heavy atom. The zero-order chi connectivity index (χ0) is 17.6. The van der Waals surface area contributed by atoms with Crippen LogP contribution in [-0.4, -0.2) is 17.0 Å². The number of hydrogen-bond donors (Lipinski definition) is 1. The van der Waals surface area contributed by atoms with E-state index in [-0.39, 0.29) is 5.91 Å². The topological polar surface area (TPSA) is 34.0 Å². The molecule has 1 amide bonds. The lowest BCUT2D eigenvalue weighted by Crippen LogP contribution is -2.28. The van der Waals surface area contributed by atoms with Crippen molar-refractivity contribution in [1.29, 1.82) is 0 Å². The third kappa shape index (κ3) is 3.35. The second-order valence-corrected chi connectivity index (χ2v) is 8.08. The minimum atomic E-state index is -0.884. The Kier molecular flexibility index (Phi) is 4.37. The van der Waals surface area contributed by atoms with Crippen molar-refractivity contribution in [2.24, 2.45) is 5.92 Å². The lowest BCUT2D eigenvalue weighted by atomic mass is 10.2. The van der Waals surface area contributed by atoms with Gasteiger partial charge >= 0.3 is 0 Å². The molecule has 1 aromatic carbocycles. The monoisotopic (exact) mass is 424 g/mol. The van der Waals surface area contributed by atoms with Gasteiger partial charge in [-0.1, -0.05) is 6.07 Å². The van der Waals surface area contributed by atoms with Gasteiger partial charge in [0.2, 0.25) is 0 Å². The molecule has 1 aliphatic rings. The van der Waals surface area contributed by atoms with E-state index in [4.69, 9.17) is 0 Å². The number of aromatic nitrogens is 1. The van der Waals surface area contributed by atoms with Crippen LogP contribution in [-0.2, 0) is 6.54 Å². The van der Waals surface area contributed by atoms with E-state index < -0.39 is 11.6 Å². The number of nitrogens with one attached hydrogen (secondary N) is 1. The van der Waals surface area contributed by atoms with Gasteiger partial charge in [0.25, 0.3) is 5.91 Å². The third-order valence-corrected chi connectivity index (χ3v) is 6.21. The summed E-state index contributed by atoms with van der Waals surface area (Å²) >= 11 is 5.05. The van der Waals surface area contributed by atoms with Crippen LogP contribution >= 0.6 is 27.3 Å². The van der Waals surface area contributed by atoms with Crippen molar-refractivity contribution in [2.75, 3.05) is 6.54 Å². The number of amides is 1. The number of benzene rings is 1. The van der Waals surface area contributed by atoms with Gasteiger partial charge in [0.15, 0.2) is 11.6 Å². The molecule has 1 N–H and O–H groups in total. The fraction of sp³-hybridized carbons (Fsp3) is 0.278. The molecule has 1 fully saturated rings. The third-order valence-electron chi connectivity index (χ3n) is 4.38. The summed E-state index contributed by atoms with van der Waals surface area (Å²) in [5.41, 5.74) is 2.03. The van der Waals surface area contributed by atoms with Gasteiger partial charge in [0.1, 0.15) is 5.69 Å². The van der Waals surface area contributed by atoms with Crippen LogP contribution in [0.2, 0.25) is 0 Å². The molecule has 1 saturated carbocycles. The van der Waals surface area contributed by atoms with Crippen LogP contribution in [0.25, 0.3) is 10.2 Å². The number of carbonyl (C=O) groups excluding carboxylic acids is 1. The van der Waals surface area contributed by atoms with Crippen LogP contribution in [0, 0.1) is 17.6 Å². The van der Waals surface area contributed by atoms with Crippen LogP contribution < -0.4 is 5.32 Å². The number of carbonyl (C=O) groups is 1. The smallest absolute Gasteiger partial charge is 0.267 e. The van der Waals surface area contributed by atoms with Crippen molar-refractivity contribution in [3.63, 3.8) is 0 Å². The van der Waals surface area contributed by atoms with Gasteiger partial charge in [-0.05, 0) is 58.5 Å². The Morgan fingerprint density at radius 2 is 2.08 bits per heavy atom. The standard InChI is InChI=1S/C18H15BrF2N2OS/c19-12-9-25-16-6-15(18(24)22-7-10-1-2-10)23(17(12)16)8-11-3-4-13(20)14(21)5-11/h3-6,9-10H,1-2,7-8H2,(H,22,24). The highest BCUT2D eigenvalue weighted by Crippen LogP contribution is 2.34. The van der Waals surface area contributed by atoms with E-state index >= 15 is 0 Å². The molecule has 0 unspecified atom stereocenters. The maximum absolute atomic E-state index is 13.5. The largest absolute Gasteiger partial charge is 0.350 e. The minimum absolute atomic E-state index is 0.134. The summed E-state index contributed by atoms with van der Waals surface area (Å²) in [5, 5.41) is 4.93. The molecular formula is C18H15BrF2N2OS. The van der Waals surface area contributed by atoms with Gasteiger partial charge < -0.3 is 9.88 Å². The summed E-state index contributed by atoms with van der Waals surface area (Å²) in [7, 11) is 0. The Hall–Kier alpha value is -1.73. The zero-order valence-corrected chi connectivity index (χ0v) is 15.6. The molecule has 1 aliphatic carbocycles. The predicted octanol–water partition coefficient (Wildman–Crippen LogP) is 4.93. The quantitative estimate of drug-likeness (QED) is 0.618. The number of hydrogen-bond acceptors (Lipinski definition) is 2. The molecule has 0 aliphatic heterocycles. The molecular weight excluding hydrogens is 410 g/mol. The number of nitrogens with zero attached hydrogens (tertiary/aromatic N) is 1. The van der Waals surface area contributed by atoms with Gasteiger partial charge in [-0.15, -0.1) is 11.3 Å². The average molecular weight is 425 g/mol. The molecule has 130 valence electrons. The molecule has 7 heteroatoms. The van der Waals surface area contributed by atoms with E-state index in [1.807, 2.05) is 16.0 Å². The molecule has 2 heterocycles. The van der Waals surface area contributed by atoms with Crippen LogP contribution in [0.4, 0.5) is 8.78 Å². The summed E-state index contributed by atoms with van der Waals surface area (Å²) in [6.45, 7) is 0.978. The molecule has 0 atom stereocenters. The van der Waals surface area contributed by atoms with Crippen LogP contribution in [0.3, 0.4) is 0 Å². The first kappa shape index (κ1) is 16.7. The Bertz CT molecular complexity index is 962. The second-order valence-electron chi connectivity index (χ2n) is 6.31.